The number of anilines is 1. The van der Waals surface area contributed by atoms with Crippen LogP contribution in [-0.4, -0.2) is 30.4 Å². The van der Waals surface area contributed by atoms with Crippen LogP contribution in [-0.2, 0) is 4.74 Å². The second-order valence-electron chi connectivity index (χ2n) is 4.15. The Morgan fingerprint density at radius 3 is 2.40 bits per heavy atom. The number of hydrogen-bond donors (Lipinski definition) is 1. The normalized spacial score (nSPS) is 26.7. The molecule has 0 aliphatic carbocycles. The van der Waals surface area contributed by atoms with Gasteiger partial charge in [-0.15, -0.1) is 0 Å². The summed E-state index contributed by atoms with van der Waals surface area (Å²) in [5.74, 6) is 0.346. The van der Waals surface area contributed by atoms with E-state index in [0.29, 0.717) is 5.75 Å². The van der Waals surface area contributed by atoms with Crippen LogP contribution in [0, 0.1) is 0 Å². The van der Waals surface area contributed by atoms with Gasteiger partial charge in [0, 0.05) is 13.1 Å². The van der Waals surface area contributed by atoms with Crippen LogP contribution >= 0.6 is 0 Å². The predicted molar refractivity (Wildman–Crippen MR) is 60.3 cm³/mol. The van der Waals surface area contributed by atoms with Crippen molar-refractivity contribution < 1.29 is 9.84 Å². The van der Waals surface area contributed by atoms with Gasteiger partial charge in [-0.05, 0) is 26.0 Å². The van der Waals surface area contributed by atoms with Crippen LogP contribution in [0.4, 0.5) is 5.69 Å². The molecule has 82 valence electrons. The van der Waals surface area contributed by atoms with Gasteiger partial charge in [0.2, 0.25) is 0 Å². The minimum atomic E-state index is 0.216. The lowest BCUT2D eigenvalue weighted by Crippen LogP contribution is -2.45. The zero-order valence-corrected chi connectivity index (χ0v) is 9.18. The van der Waals surface area contributed by atoms with Crippen LogP contribution in [0.1, 0.15) is 13.8 Å². The van der Waals surface area contributed by atoms with Crippen LogP contribution in [0.15, 0.2) is 24.3 Å². The minimum absolute atomic E-state index is 0.216. The highest BCUT2D eigenvalue weighted by atomic mass is 16.5. The minimum Gasteiger partial charge on any atom is -0.506 e. The topological polar surface area (TPSA) is 32.7 Å². The Bertz CT molecular complexity index is 330. The molecule has 0 amide bonds. The highest BCUT2D eigenvalue weighted by Gasteiger charge is 2.23. The lowest BCUT2D eigenvalue weighted by Gasteiger charge is -2.37. The molecule has 1 N–H and O–H groups in total. The summed E-state index contributed by atoms with van der Waals surface area (Å²) in [4.78, 5) is 2.17. The molecule has 0 bridgehead atoms. The number of nitrogens with zero attached hydrogens (tertiary/aromatic N) is 1. The number of rotatable bonds is 1. The second-order valence-corrected chi connectivity index (χ2v) is 4.15. The van der Waals surface area contributed by atoms with Crippen molar-refractivity contribution in [2.45, 2.75) is 26.1 Å². The van der Waals surface area contributed by atoms with Gasteiger partial charge in [-0.3, -0.25) is 0 Å². The maximum absolute atomic E-state index is 9.75. The van der Waals surface area contributed by atoms with Gasteiger partial charge in [-0.2, -0.15) is 0 Å². The van der Waals surface area contributed by atoms with Crippen LogP contribution in [0.3, 0.4) is 0 Å². The van der Waals surface area contributed by atoms with Crippen LogP contribution < -0.4 is 4.90 Å². The molecule has 1 saturated heterocycles. The largest absolute Gasteiger partial charge is 0.506 e. The van der Waals surface area contributed by atoms with Gasteiger partial charge in [-0.25, -0.2) is 0 Å². The molecular formula is C12H17NO2. The number of aromatic hydroxyl groups is 1. The molecule has 1 aliphatic rings. The average molecular weight is 207 g/mol. The van der Waals surface area contributed by atoms with Crippen LogP contribution in [0.25, 0.3) is 0 Å². The SMILES string of the molecule is C[C@H]1CN(c2ccccc2O)C[C@H](C)O1. The molecule has 1 aromatic carbocycles. The molecule has 2 rings (SSSR count). The molecule has 15 heavy (non-hydrogen) atoms. The fraction of sp³-hybridized carbons (Fsp3) is 0.500. The lowest BCUT2D eigenvalue weighted by atomic mass is 10.2. The van der Waals surface area contributed by atoms with Crippen molar-refractivity contribution >= 4 is 5.69 Å². The average Bonchev–Trinajstić information content (AvgIpc) is 2.16. The maximum atomic E-state index is 9.75. The standard InChI is InChI=1S/C12H17NO2/c1-9-7-13(8-10(2)15-9)11-5-3-4-6-12(11)14/h3-6,9-10,14H,7-8H2,1-2H3/t9-,10-/m0/s1. The molecule has 3 nitrogen and oxygen atoms in total. The van der Waals surface area contributed by atoms with E-state index in [-0.39, 0.29) is 12.2 Å². The van der Waals surface area contributed by atoms with Gasteiger partial charge in [0.1, 0.15) is 5.75 Å². The van der Waals surface area contributed by atoms with E-state index in [0.717, 1.165) is 18.8 Å². The van der Waals surface area contributed by atoms with E-state index in [1.54, 1.807) is 6.07 Å². The first-order chi connectivity index (χ1) is 7.16. The Balaban J connectivity index is 2.20. The van der Waals surface area contributed by atoms with Crippen molar-refractivity contribution in [1.82, 2.24) is 0 Å². The molecule has 1 heterocycles. The molecule has 0 unspecified atom stereocenters. The number of phenols is 1. The summed E-state index contributed by atoms with van der Waals surface area (Å²) in [6, 6.07) is 7.45. The summed E-state index contributed by atoms with van der Waals surface area (Å²) in [6.45, 7) is 5.79. The molecule has 0 aromatic heterocycles. The molecule has 0 spiro atoms. The summed E-state index contributed by atoms with van der Waals surface area (Å²) in [7, 11) is 0. The fourth-order valence-electron chi connectivity index (χ4n) is 2.11. The summed E-state index contributed by atoms with van der Waals surface area (Å²) in [6.07, 6.45) is 0.432. The molecule has 3 heteroatoms. The number of benzene rings is 1. The molecule has 1 fully saturated rings. The number of phenolic OH excluding ortho intramolecular Hbond substituents is 1. The Kier molecular flexibility index (Phi) is 2.82. The van der Waals surface area contributed by atoms with Gasteiger partial charge >= 0.3 is 0 Å². The van der Waals surface area contributed by atoms with Crippen molar-refractivity contribution in [3.8, 4) is 5.75 Å². The Hall–Kier alpha value is -1.22. The number of hydrogen-bond acceptors (Lipinski definition) is 3. The van der Waals surface area contributed by atoms with Gasteiger partial charge in [0.05, 0.1) is 17.9 Å². The number of para-hydroxylation sites is 2. The summed E-state index contributed by atoms with van der Waals surface area (Å²) in [5.41, 5.74) is 0.902. The zero-order valence-electron chi connectivity index (χ0n) is 9.18. The van der Waals surface area contributed by atoms with Gasteiger partial charge in [0.15, 0.2) is 0 Å². The van der Waals surface area contributed by atoms with Crippen molar-refractivity contribution in [2.24, 2.45) is 0 Å². The Labute approximate surface area is 90.3 Å². The predicted octanol–water partition coefficient (Wildman–Crippen LogP) is 2.01. The van der Waals surface area contributed by atoms with E-state index < -0.39 is 0 Å². The van der Waals surface area contributed by atoms with Gasteiger partial charge in [-0.1, -0.05) is 12.1 Å². The molecule has 2 atom stereocenters. The quantitative estimate of drug-likeness (QED) is 0.764. The van der Waals surface area contributed by atoms with Crippen molar-refractivity contribution in [3.63, 3.8) is 0 Å². The van der Waals surface area contributed by atoms with E-state index >= 15 is 0 Å². The van der Waals surface area contributed by atoms with Crippen LogP contribution in [0.2, 0.25) is 0 Å². The third-order valence-corrected chi connectivity index (χ3v) is 2.64. The summed E-state index contributed by atoms with van der Waals surface area (Å²) >= 11 is 0. The maximum Gasteiger partial charge on any atom is 0.138 e. The molecule has 1 aromatic rings. The Morgan fingerprint density at radius 1 is 1.20 bits per heavy atom. The van der Waals surface area contributed by atoms with E-state index in [9.17, 15) is 5.11 Å². The monoisotopic (exact) mass is 207 g/mol. The zero-order chi connectivity index (χ0) is 10.8. The molecule has 0 saturated carbocycles. The first-order valence-corrected chi connectivity index (χ1v) is 5.35. The highest BCUT2D eigenvalue weighted by molar-refractivity contribution is 5.57. The number of ether oxygens (including phenoxy) is 1. The fourth-order valence-corrected chi connectivity index (χ4v) is 2.11. The van der Waals surface area contributed by atoms with Gasteiger partial charge in [0.25, 0.3) is 0 Å². The van der Waals surface area contributed by atoms with Crippen molar-refractivity contribution in [3.05, 3.63) is 24.3 Å². The number of morpholine rings is 1. The van der Waals surface area contributed by atoms with E-state index in [1.165, 1.54) is 0 Å². The van der Waals surface area contributed by atoms with Crippen molar-refractivity contribution in [2.75, 3.05) is 18.0 Å². The third-order valence-electron chi connectivity index (χ3n) is 2.64. The van der Waals surface area contributed by atoms with E-state index in [1.807, 2.05) is 18.2 Å². The van der Waals surface area contributed by atoms with Gasteiger partial charge < -0.3 is 14.7 Å². The van der Waals surface area contributed by atoms with Crippen LogP contribution in [0.5, 0.6) is 5.75 Å². The highest BCUT2D eigenvalue weighted by Crippen LogP contribution is 2.28. The van der Waals surface area contributed by atoms with E-state index in [4.69, 9.17) is 4.74 Å². The smallest absolute Gasteiger partial charge is 0.138 e. The van der Waals surface area contributed by atoms with Crippen molar-refractivity contribution in [1.29, 1.82) is 0 Å². The molecule has 0 radical (unpaired) electrons. The first kappa shape index (κ1) is 10.3. The first-order valence-electron chi connectivity index (χ1n) is 5.35. The molecular weight excluding hydrogens is 190 g/mol. The Morgan fingerprint density at radius 2 is 1.80 bits per heavy atom. The summed E-state index contributed by atoms with van der Waals surface area (Å²) < 4.78 is 5.65. The lowest BCUT2D eigenvalue weighted by molar-refractivity contribution is -0.00531. The third kappa shape index (κ3) is 2.23. The van der Waals surface area contributed by atoms with E-state index in [2.05, 4.69) is 18.7 Å². The second kappa shape index (κ2) is 4.11. The summed E-state index contributed by atoms with van der Waals surface area (Å²) in [5, 5.41) is 9.75. The molecule has 1 aliphatic heterocycles.